The molecule has 1 aliphatic rings. The number of nitrogen functional groups attached to an aromatic ring is 1. The fourth-order valence-corrected chi connectivity index (χ4v) is 5.09. The second-order valence-electron chi connectivity index (χ2n) is 10.0. The lowest BCUT2D eigenvalue weighted by Gasteiger charge is -2.21. The maximum atomic E-state index is 13.4. The molecule has 0 amide bonds. The highest BCUT2D eigenvalue weighted by Crippen LogP contribution is 2.28. The normalized spacial score (nSPS) is 14.1. The van der Waals surface area contributed by atoms with E-state index in [0.717, 1.165) is 36.8 Å². The van der Waals surface area contributed by atoms with Gasteiger partial charge in [-0.05, 0) is 78.3 Å². The van der Waals surface area contributed by atoms with E-state index < -0.39 is 6.04 Å². The summed E-state index contributed by atoms with van der Waals surface area (Å²) in [4.78, 5) is 25.9. The number of pyridine rings is 1. The van der Waals surface area contributed by atoms with Gasteiger partial charge in [-0.2, -0.15) is 0 Å². The van der Waals surface area contributed by atoms with Crippen LogP contribution in [0, 0.1) is 5.82 Å². The van der Waals surface area contributed by atoms with Gasteiger partial charge in [0.25, 0.3) is 5.56 Å². The number of carbonyl (C=O) groups is 1. The first kappa shape index (κ1) is 27.1. The number of hydrogen-bond donors (Lipinski definition) is 2. The largest absolute Gasteiger partial charge is 0.461 e. The molecule has 1 atom stereocenters. The van der Waals surface area contributed by atoms with Crippen molar-refractivity contribution in [3.8, 4) is 5.69 Å². The van der Waals surface area contributed by atoms with Crippen LogP contribution in [-0.4, -0.2) is 16.6 Å². The molecule has 1 heterocycles. The summed E-state index contributed by atoms with van der Waals surface area (Å²) in [5.41, 5.74) is 10.4. The summed E-state index contributed by atoms with van der Waals surface area (Å²) in [5, 5.41) is 3.35. The molecule has 0 aliphatic heterocycles. The summed E-state index contributed by atoms with van der Waals surface area (Å²) in [6.45, 7) is 4.53. The van der Waals surface area contributed by atoms with E-state index in [1.54, 1.807) is 18.2 Å². The number of nitrogens with zero attached hydrogens (tertiary/aromatic N) is 1. The first-order chi connectivity index (χ1) is 19.4. The van der Waals surface area contributed by atoms with Gasteiger partial charge >= 0.3 is 5.97 Å². The fourth-order valence-electron chi connectivity index (χ4n) is 5.09. The van der Waals surface area contributed by atoms with Crippen LogP contribution in [-0.2, 0) is 16.1 Å². The van der Waals surface area contributed by atoms with Crippen LogP contribution in [0.1, 0.15) is 54.0 Å². The second kappa shape index (κ2) is 12.1. The molecule has 0 unspecified atom stereocenters. The van der Waals surface area contributed by atoms with Gasteiger partial charge in [0.05, 0.1) is 5.69 Å². The molecule has 4 aromatic rings. The van der Waals surface area contributed by atoms with Gasteiger partial charge in [0.1, 0.15) is 23.8 Å². The highest BCUT2D eigenvalue weighted by molar-refractivity contribution is 5.83. The number of benzene rings is 3. The molecule has 204 valence electrons. The first-order valence-electron chi connectivity index (χ1n) is 13.5. The quantitative estimate of drug-likeness (QED) is 0.258. The Morgan fingerprint density at radius 1 is 0.975 bits per heavy atom. The third-order valence-electron chi connectivity index (χ3n) is 7.31. The van der Waals surface area contributed by atoms with E-state index in [1.807, 2.05) is 54.6 Å². The standard InChI is InChI=1S/C33H32FN3O3/c1-22(24-13-15-26(34)16-14-24)29-19-20-30(38)37(32(29)35)27-17-11-23(12-18-27)21-36-31(25-7-3-2-4-8-25)33(39)40-28-9-5-6-10-28/h2-4,7-8,11-20,28,31,36H,1,5-6,9-10,21,35H2/t31-/m0/s1. The van der Waals surface area contributed by atoms with Crippen molar-refractivity contribution in [2.75, 3.05) is 5.73 Å². The number of carbonyl (C=O) groups excluding carboxylic acids is 1. The molecule has 1 aromatic heterocycles. The van der Waals surface area contributed by atoms with Crippen LogP contribution < -0.4 is 16.6 Å². The average Bonchev–Trinajstić information content (AvgIpc) is 3.48. The van der Waals surface area contributed by atoms with Crippen molar-refractivity contribution in [2.45, 2.75) is 44.4 Å². The number of esters is 1. The summed E-state index contributed by atoms with van der Waals surface area (Å²) in [5.74, 6) is -0.372. The minimum atomic E-state index is -0.589. The van der Waals surface area contributed by atoms with Crippen LogP contribution in [0.15, 0.2) is 102 Å². The van der Waals surface area contributed by atoms with Crippen LogP contribution in [0.4, 0.5) is 10.2 Å². The van der Waals surface area contributed by atoms with Gasteiger partial charge in [-0.15, -0.1) is 0 Å². The molecular weight excluding hydrogens is 505 g/mol. The highest BCUT2D eigenvalue weighted by atomic mass is 19.1. The summed E-state index contributed by atoms with van der Waals surface area (Å²) < 4.78 is 20.6. The molecule has 5 rings (SSSR count). The van der Waals surface area contributed by atoms with E-state index in [-0.39, 0.29) is 29.3 Å². The van der Waals surface area contributed by atoms with E-state index >= 15 is 0 Å². The SMILES string of the molecule is C=C(c1ccc(F)cc1)c1ccc(=O)n(-c2ccc(CN[C@H](C(=O)OC3CCCC3)c3ccccc3)cc2)c1N. The third kappa shape index (κ3) is 6.05. The molecule has 0 radical (unpaired) electrons. The summed E-state index contributed by atoms with van der Waals surface area (Å²) in [7, 11) is 0. The Morgan fingerprint density at radius 3 is 2.33 bits per heavy atom. The van der Waals surface area contributed by atoms with Gasteiger partial charge in [0, 0.05) is 18.2 Å². The number of nitrogens with two attached hydrogens (primary N) is 1. The Morgan fingerprint density at radius 2 is 1.65 bits per heavy atom. The van der Waals surface area contributed by atoms with Crippen LogP contribution in [0.5, 0.6) is 0 Å². The van der Waals surface area contributed by atoms with Crippen molar-refractivity contribution < 1.29 is 13.9 Å². The monoisotopic (exact) mass is 537 g/mol. The molecule has 7 heteroatoms. The van der Waals surface area contributed by atoms with Gasteiger partial charge in [0.2, 0.25) is 0 Å². The minimum Gasteiger partial charge on any atom is -0.461 e. The Balaban J connectivity index is 1.34. The zero-order valence-electron chi connectivity index (χ0n) is 22.2. The highest BCUT2D eigenvalue weighted by Gasteiger charge is 2.26. The van der Waals surface area contributed by atoms with Crippen molar-refractivity contribution in [3.63, 3.8) is 0 Å². The van der Waals surface area contributed by atoms with Crippen LogP contribution >= 0.6 is 0 Å². The minimum absolute atomic E-state index is 0.0153. The number of halogens is 1. The van der Waals surface area contributed by atoms with E-state index in [0.29, 0.717) is 28.9 Å². The Labute approximate surface area is 232 Å². The molecule has 40 heavy (non-hydrogen) atoms. The molecule has 0 saturated heterocycles. The van der Waals surface area contributed by atoms with Gasteiger partial charge < -0.3 is 10.5 Å². The first-order valence-corrected chi connectivity index (χ1v) is 13.5. The average molecular weight is 538 g/mol. The predicted octanol–water partition coefficient (Wildman–Crippen LogP) is 5.94. The zero-order valence-corrected chi connectivity index (χ0v) is 22.2. The molecule has 3 N–H and O–H groups in total. The lowest BCUT2D eigenvalue weighted by Crippen LogP contribution is -2.32. The van der Waals surface area contributed by atoms with Crippen molar-refractivity contribution in [1.82, 2.24) is 9.88 Å². The maximum Gasteiger partial charge on any atom is 0.328 e. The van der Waals surface area contributed by atoms with Crippen molar-refractivity contribution in [3.05, 3.63) is 136 Å². The van der Waals surface area contributed by atoms with Crippen molar-refractivity contribution >= 4 is 17.4 Å². The molecule has 3 aromatic carbocycles. The van der Waals surface area contributed by atoms with E-state index in [9.17, 15) is 14.0 Å². The third-order valence-corrected chi connectivity index (χ3v) is 7.31. The number of ether oxygens (including phenoxy) is 1. The molecule has 0 spiro atoms. The van der Waals surface area contributed by atoms with Crippen LogP contribution in [0.3, 0.4) is 0 Å². The van der Waals surface area contributed by atoms with Crippen LogP contribution in [0.2, 0.25) is 0 Å². The number of rotatable bonds is 9. The Bertz CT molecular complexity index is 1540. The molecular formula is C33H32FN3O3. The molecule has 1 saturated carbocycles. The molecule has 0 bridgehead atoms. The molecule has 6 nitrogen and oxygen atoms in total. The number of hydrogen-bond acceptors (Lipinski definition) is 5. The molecule has 1 aliphatic carbocycles. The predicted molar refractivity (Wildman–Crippen MR) is 155 cm³/mol. The topological polar surface area (TPSA) is 86.3 Å². The summed E-state index contributed by atoms with van der Waals surface area (Å²) in [6.07, 6.45) is 3.99. The van der Waals surface area contributed by atoms with E-state index in [2.05, 4.69) is 11.9 Å². The van der Waals surface area contributed by atoms with Crippen molar-refractivity contribution in [2.24, 2.45) is 0 Å². The summed E-state index contributed by atoms with van der Waals surface area (Å²) in [6, 6.07) is 25.4. The molecule has 1 fully saturated rings. The van der Waals surface area contributed by atoms with Gasteiger partial charge in [-0.1, -0.05) is 61.2 Å². The van der Waals surface area contributed by atoms with Crippen LogP contribution in [0.25, 0.3) is 11.3 Å². The Kier molecular flexibility index (Phi) is 8.22. The fraction of sp³-hybridized carbons (Fsp3) is 0.212. The van der Waals surface area contributed by atoms with E-state index in [4.69, 9.17) is 10.5 Å². The number of aromatic nitrogens is 1. The smallest absolute Gasteiger partial charge is 0.328 e. The lowest BCUT2D eigenvalue weighted by molar-refractivity contribution is -0.151. The maximum absolute atomic E-state index is 13.4. The van der Waals surface area contributed by atoms with Gasteiger partial charge in [-0.3, -0.25) is 14.7 Å². The Hall–Kier alpha value is -4.49. The van der Waals surface area contributed by atoms with Gasteiger partial charge in [-0.25, -0.2) is 9.18 Å². The van der Waals surface area contributed by atoms with Gasteiger partial charge in [0.15, 0.2) is 0 Å². The zero-order chi connectivity index (χ0) is 28.1. The number of nitrogens with one attached hydrogen (secondary N) is 1. The number of anilines is 1. The van der Waals surface area contributed by atoms with E-state index in [1.165, 1.54) is 22.8 Å². The second-order valence-corrected chi connectivity index (χ2v) is 10.0. The summed E-state index contributed by atoms with van der Waals surface area (Å²) >= 11 is 0. The lowest BCUT2D eigenvalue weighted by atomic mass is 10.00. The van der Waals surface area contributed by atoms with Crippen molar-refractivity contribution in [1.29, 1.82) is 0 Å².